The molecule has 0 bridgehead atoms. The Bertz CT molecular complexity index is 924. The van der Waals surface area contributed by atoms with E-state index in [0.29, 0.717) is 45.2 Å². The van der Waals surface area contributed by atoms with Crippen LogP contribution in [0.25, 0.3) is 0 Å². The van der Waals surface area contributed by atoms with E-state index < -0.39 is 22.5 Å². The Morgan fingerprint density at radius 1 is 0.511 bits per heavy atom. The molecule has 0 aliphatic carbocycles. The number of esters is 1. The molecule has 0 amide bonds. The molecular weight excluding hydrogens is 651 g/mol. The van der Waals surface area contributed by atoms with E-state index in [4.69, 9.17) is 42.6 Å². The molecule has 0 rings (SSSR count). The third-order valence-corrected chi connectivity index (χ3v) is 6.57. The molecule has 0 fully saturated rings. The van der Waals surface area contributed by atoms with Crippen LogP contribution in [0.2, 0.25) is 0 Å². The Labute approximate surface area is 305 Å². The first-order valence-corrected chi connectivity index (χ1v) is 17.1. The molecule has 0 radical (unpaired) electrons. The standard InChI is InChI=1S/C31H60O14S.Na/c1-21(2)31(32)44-19-29(10)42-17-27(8)40-15-25(6)38-13-23(4)36-12-22(3)37-14-24(5)39-16-26(7)41-18-28(9)43-20-30(11)45-46(33,34)35;/h22-30H,1,12-20H2,2-11H3,(H,33,34,35);/q;+1/p-1. The van der Waals surface area contributed by atoms with Crippen molar-refractivity contribution in [2.75, 3.05) is 59.5 Å². The second-order valence-corrected chi connectivity index (χ2v) is 12.9. The number of carbonyl (C=O) groups is 1. The van der Waals surface area contributed by atoms with E-state index in [1.165, 1.54) is 6.92 Å². The third-order valence-electron chi connectivity index (χ3n) is 6.00. The second kappa shape index (κ2) is 27.5. The van der Waals surface area contributed by atoms with Crippen molar-refractivity contribution in [1.82, 2.24) is 0 Å². The quantitative estimate of drug-likeness (QED) is 0.0340. The molecule has 9 unspecified atom stereocenters. The Kier molecular flexibility index (Phi) is 28.6. The minimum Gasteiger partial charge on any atom is -0.726 e. The molecule has 0 N–H and O–H groups in total. The normalized spacial score (nSPS) is 17.8. The molecule has 0 saturated carbocycles. The van der Waals surface area contributed by atoms with Crippen LogP contribution in [-0.4, -0.2) is 133 Å². The van der Waals surface area contributed by atoms with E-state index in [1.54, 1.807) is 13.8 Å². The Morgan fingerprint density at radius 3 is 0.936 bits per heavy atom. The summed E-state index contributed by atoms with van der Waals surface area (Å²) in [6.45, 7) is 24.3. The van der Waals surface area contributed by atoms with Crippen LogP contribution in [-0.2, 0) is 62.0 Å². The number of ether oxygens (including phenoxy) is 9. The molecule has 0 aliphatic heterocycles. The molecule has 0 heterocycles. The van der Waals surface area contributed by atoms with Gasteiger partial charge in [-0.3, -0.25) is 4.18 Å². The SMILES string of the molecule is C=C(C)C(=O)OCC(C)OCC(C)OCC(C)OCC(C)OCC(C)OCC(C)OCC(C)OCC(C)OCC(C)OS(=O)(=O)[O-].[Na+]. The average molecular weight is 711 g/mol. The van der Waals surface area contributed by atoms with Gasteiger partial charge in [0.25, 0.3) is 0 Å². The first-order chi connectivity index (χ1) is 21.4. The molecule has 0 aromatic carbocycles. The van der Waals surface area contributed by atoms with E-state index in [-0.39, 0.29) is 98.2 Å². The van der Waals surface area contributed by atoms with Crippen molar-refractivity contribution in [3.63, 3.8) is 0 Å². The van der Waals surface area contributed by atoms with Crippen LogP contribution in [0.5, 0.6) is 0 Å². The Morgan fingerprint density at radius 2 is 0.723 bits per heavy atom. The van der Waals surface area contributed by atoms with Crippen molar-refractivity contribution in [3.05, 3.63) is 12.2 Å². The topological polar surface area (TPSA) is 167 Å². The van der Waals surface area contributed by atoms with Crippen molar-refractivity contribution in [1.29, 1.82) is 0 Å². The van der Waals surface area contributed by atoms with Crippen LogP contribution < -0.4 is 29.6 Å². The van der Waals surface area contributed by atoms with Gasteiger partial charge in [-0.05, 0) is 69.2 Å². The third kappa shape index (κ3) is 30.3. The van der Waals surface area contributed by atoms with Gasteiger partial charge in [-0.25, -0.2) is 13.2 Å². The predicted molar refractivity (Wildman–Crippen MR) is 169 cm³/mol. The summed E-state index contributed by atoms with van der Waals surface area (Å²) in [7, 11) is -4.76. The van der Waals surface area contributed by atoms with Gasteiger partial charge in [0.15, 0.2) is 0 Å². The van der Waals surface area contributed by atoms with Gasteiger partial charge in [0.1, 0.15) is 6.61 Å². The molecule has 274 valence electrons. The monoisotopic (exact) mass is 710 g/mol. The minimum atomic E-state index is -4.76. The molecule has 47 heavy (non-hydrogen) atoms. The van der Waals surface area contributed by atoms with E-state index in [2.05, 4.69) is 10.8 Å². The van der Waals surface area contributed by atoms with Crippen molar-refractivity contribution >= 4 is 16.4 Å². The number of rotatable bonds is 29. The molecule has 0 aliphatic rings. The zero-order valence-corrected chi connectivity index (χ0v) is 33.2. The maximum absolute atomic E-state index is 11.5. The molecular formula is C31H59NaO14S. The van der Waals surface area contributed by atoms with Crippen LogP contribution >= 0.6 is 0 Å². The molecule has 14 nitrogen and oxygen atoms in total. The molecule has 0 spiro atoms. The van der Waals surface area contributed by atoms with Gasteiger partial charge in [-0.2, -0.15) is 0 Å². The molecule has 0 aromatic heterocycles. The molecule has 16 heteroatoms. The van der Waals surface area contributed by atoms with Crippen LogP contribution in [0.15, 0.2) is 12.2 Å². The first kappa shape index (κ1) is 48.9. The fourth-order valence-electron chi connectivity index (χ4n) is 3.33. The molecule has 0 aromatic rings. The zero-order valence-electron chi connectivity index (χ0n) is 30.4. The minimum absolute atomic E-state index is 0. The van der Waals surface area contributed by atoms with Gasteiger partial charge < -0.3 is 47.2 Å². The summed E-state index contributed by atoms with van der Waals surface area (Å²) < 4.78 is 87.2. The first-order valence-electron chi connectivity index (χ1n) is 15.8. The van der Waals surface area contributed by atoms with E-state index in [1.807, 2.05) is 48.5 Å². The summed E-state index contributed by atoms with van der Waals surface area (Å²) in [6, 6.07) is 0. The second-order valence-electron chi connectivity index (χ2n) is 11.8. The van der Waals surface area contributed by atoms with Crippen molar-refractivity contribution in [3.8, 4) is 0 Å². The van der Waals surface area contributed by atoms with Crippen LogP contribution in [0.1, 0.15) is 69.2 Å². The number of carbonyl (C=O) groups excluding carboxylic acids is 1. The van der Waals surface area contributed by atoms with Crippen molar-refractivity contribution in [2.24, 2.45) is 0 Å². The fraction of sp³-hybridized carbons (Fsp3) is 0.903. The van der Waals surface area contributed by atoms with E-state index in [9.17, 15) is 17.8 Å². The zero-order chi connectivity index (χ0) is 35.3. The fourth-order valence-corrected chi connectivity index (χ4v) is 3.79. The summed E-state index contributed by atoms with van der Waals surface area (Å²) in [5.74, 6) is -0.433. The van der Waals surface area contributed by atoms with Gasteiger partial charge >= 0.3 is 35.5 Å². The summed E-state index contributed by atoms with van der Waals surface area (Å²) >= 11 is 0. The number of hydrogen-bond donors (Lipinski definition) is 0. The summed E-state index contributed by atoms with van der Waals surface area (Å²) in [5, 5.41) is 0. The largest absolute Gasteiger partial charge is 1.00 e. The van der Waals surface area contributed by atoms with E-state index in [0.717, 1.165) is 0 Å². The van der Waals surface area contributed by atoms with Crippen molar-refractivity contribution < 1.29 is 94.1 Å². The summed E-state index contributed by atoms with van der Waals surface area (Å²) in [4.78, 5) is 11.5. The molecule has 0 saturated heterocycles. The summed E-state index contributed by atoms with van der Waals surface area (Å²) in [6.07, 6.45) is -2.39. The van der Waals surface area contributed by atoms with Crippen LogP contribution in [0.4, 0.5) is 0 Å². The van der Waals surface area contributed by atoms with Gasteiger partial charge in [-0.1, -0.05) is 6.58 Å². The Balaban J connectivity index is 0. The molecule has 9 atom stereocenters. The van der Waals surface area contributed by atoms with Crippen LogP contribution in [0, 0.1) is 0 Å². The average Bonchev–Trinajstić information content (AvgIpc) is 2.97. The number of hydrogen-bond acceptors (Lipinski definition) is 14. The van der Waals surface area contributed by atoms with E-state index >= 15 is 0 Å². The van der Waals surface area contributed by atoms with Gasteiger partial charge in [0.05, 0.1) is 108 Å². The Hall–Kier alpha value is -0.240. The maximum atomic E-state index is 11.5. The van der Waals surface area contributed by atoms with Gasteiger partial charge in [-0.15, -0.1) is 0 Å². The van der Waals surface area contributed by atoms with Crippen molar-refractivity contribution in [2.45, 2.75) is 124 Å². The van der Waals surface area contributed by atoms with Crippen LogP contribution in [0.3, 0.4) is 0 Å². The van der Waals surface area contributed by atoms with Gasteiger partial charge in [0, 0.05) is 5.57 Å². The van der Waals surface area contributed by atoms with Gasteiger partial charge in [0.2, 0.25) is 10.4 Å². The summed E-state index contributed by atoms with van der Waals surface area (Å²) in [5.41, 5.74) is 0.351. The smallest absolute Gasteiger partial charge is 0.726 e. The predicted octanol–water partition coefficient (Wildman–Crippen LogP) is 0.216. The maximum Gasteiger partial charge on any atom is 1.00 e.